The molecule has 0 aromatic carbocycles. The number of carbonyl (C=O) groups excluding carboxylic acids is 2. The number of primary amides is 1. The summed E-state index contributed by atoms with van der Waals surface area (Å²) < 4.78 is 0. The van der Waals surface area contributed by atoms with E-state index >= 15 is 0 Å². The van der Waals surface area contributed by atoms with Crippen LogP contribution in [0.15, 0.2) is 0 Å². The van der Waals surface area contributed by atoms with Crippen LogP contribution in [0, 0.1) is 11.8 Å². The van der Waals surface area contributed by atoms with Gasteiger partial charge >= 0.3 is 0 Å². The molecule has 0 aliphatic carbocycles. The van der Waals surface area contributed by atoms with E-state index in [2.05, 4.69) is 13.8 Å². The molecule has 0 saturated carbocycles. The van der Waals surface area contributed by atoms with Crippen molar-refractivity contribution in [2.45, 2.75) is 39.7 Å². The quantitative estimate of drug-likeness (QED) is 0.747. The topological polar surface area (TPSA) is 63.4 Å². The summed E-state index contributed by atoms with van der Waals surface area (Å²) >= 11 is 0. The summed E-state index contributed by atoms with van der Waals surface area (Å²) in [6, 6.07) is -0.416. The molecule has 0 unspecified atom stereocenters. The number of hydrogen-bond acceptors (Lipinski definition) is 2. The maximum Gasteiger partial charge on any atom is 0.240 e. The van der Waals surface area contributed by atoms with E-state index in [0.29, 0.717) is 31.2 Å². The molecule has 2 amide bonds. The summed E-state index contributed by atoms with van der Waals surface area (Å²) in [7, 11) is 0. The van der Waals surface area contributed by atoms with Gasteiger partial charge in [0.15, 0.2) is 0 Å². The van der Waals surface area contributed by atoms with E-state index in [1.165, 1.54) is 0 Å². The Morgan fingerprint density at radius 3 is 2.53 bits per heavy atom. The lowest BCUT2D eigenvalue weighted by Gasteiger charge is -2.24. The zero-order valence-corrected chi connectivity index (χ0v) is 9.69. The highest BCUT2D eigenvalue weighted by Gasteiger charge is 2.36. The molecule has 4 heteroatoms. The van der Waals surface area contributed by atoms with E-state index in [1.807, 2.05) is 6.92 Å². The van der Waals surface area contributed by atoms with Crippen LogP contribution in [0.3, 0.4) is 0 Å². The van der Waals surface area contributed by atoms with Crippen LogP contribution in [0.25, 0.3) is 0 Å². The Morgan fingerprint density at radius 1 is 1.60 bits per heavy atom. The molecule has 15 heavy (non-hydrogen) atoms. The second kappa shape index (κ2) is 4.64. The Morgan fingerprint density at radius 2 is 2.20 bits per heavy atom. The number of carbonyl (C=O) groups is 2. The molecule has 0 bridgehead atoms. The molecular weight excluding hydrogens is 192 g/mol. The average Bonchev–Trinajstić information content (AvgIpc) is 2.49. The van der Waals surface area contributed by atoms with Crippen molar-refractivity contribution in [2.75, 3.05) is 6.54 Å². The summed E-state index contributed by atoms with van der Waals surface area (Å²) in [5, 5.41) is 0. The lowest BCUT2D eigenvalue weighted by Crippen LogP contribution is -2.45. The van der Waals surface area contributed by atoms with Crippen molar-refractivity contribution in [1.29, 1.82) is 0 Å². The van der Waals surface area contributed by atoms with Crippen molar-refractivity contribution in [3.05, 3.63) is 0 Å². The standard InChI is InChI=1S/C11H20N2O2/c1-4-9(11(12)15)13-6-8(7(2)3)5-10(13)14/h7-9H,4-6H2,1-3H3,(H2,12,15)/t8-,9+/m1/s1. The molecule has 1 saturated heterocycles. The van der Waals surface area contributed by atoms with E-state index in [1.54, 1.807) is 4.90 Å². The molecule has 0 aromatic rings. The van der Waals surface area contributed by atoms with Crippen molar-refractivity contribution in [2.24, 2.45) is 17.6 Å². The summed E-state index contributed by atoms with van der Waals surface area (Å²) in [5.41, 5.74) is 5.28. The fourth-order valence-electron chi connectivity index (χ4n) is 2.08. The number of nitrogens with zero attached hydrogens (tertiary/aromatic N) is 1. The summed E-state index contributed by atoms with van der Waals surface area (Å²) in [5.74, 6) is 0.518. The van der Waals surface area contributed by atoms with Gasteiger partial charge in [0.2, 0.25) is 11.8 Å². The number of nitrogens with two attached hydrogens (primary N) is 1. The first-order valence-electron chi connectivity index (χ1n) is 5.56. The minimum atomic E-state index is -0.416. The fraction of sp³-hybridized carbons (Fsp3) is 0.818. The molecule has 0 aromatic heterocycles. The summed E-state index contributed by atoms with van der Waals surface area (Å²) in [6.45, 7) is 6.77. The Balaban J connectivity index is 2.71. The molecule has 1 rings (SSSR count). The fourth-order valence-corrected chi connectivity index (χ4v) is 2.08. The van der Waals surface area contributed by atoms with E-state index in [-0.39, 0.29) is 5.91 Å². The third-order valence-corrected chi connectivity index (χ3v) is 3.22. The van der Waals surface area contributed by atoms with Crippen molar-refractivity contribution >= 4 is 11.8 Å². The maximum absolute atomic E-state index is 11.7. The Hall–Kier alpha value is -1.06. The number of likely N-dealkylation sites (tertiary alicyclic amines) is 1. The van der Waals surface area contributed by atoms with Gasteiger partial charge in [0.1, 0.15) is 6.04 Å². The second-order valence-corrected chi connectivity index (χ2v) is 4.58. The highest BCUT2D eigenvalue weighted by Crippen LogP contribution is 2.26. The van der Waals surface area contributed by atoms with E-state index < -0.39 is 11.9 Å². The number of amides is 2. The zero-order valence-electron chi connectivity index (χ0n) is 9.69. The maximum atomic E-state index is 11.7. The second-order valence-electron chi connectivity index (χ2n) is 4.58. The van der Waals surface area contributed by atoms with Crippen molar-refractivity contribution in [3.63, 3.8) is 0 Å². The third kappa shape index (κ3) is 2.49. The largest absolute Gasteiger partial charge is 0.368 e. The summed E-state index contributed by atoms with van der Waals surface area (Å²) in [6.07, 6.45) is 1.16. The lowest BCUT2D eigenvalue weighted by molar-refractivity contribution is -0.136. The van der Waals surface area contributed by atoms with Crippen LogP contribution in [0.5, 0.6) is 0 Å². The van der Waals surface area contributed by atoms with Gasteiger partial charge in [-0.25, -0.2) is 0 Å². The van der Waals surface area contributed by atoms with Gasteiger partial charge in [-0.05, 0) is 18.3 Å². The molecule has 1 aliphatic rings. The van der Waals surface area contributed by atoms with E-state index in [0.717, 1.165) is 0 Å². The molecular formula is C11H20N2O2. The molecule has 2 atom stereocenters. The first-order chi connectivity index (χ1) is 6.97. The molecule has 1 heterocycles. The van der Waals surface area contributed by atoms with Gasteiger partial charge in [0.05, 0.1) is 0 Å². The van der Waals surface area contributed by atoms with Gasteiger partial charge in [-0.2, -0.15) is 0 Å². The van der Waals surface area contributed by atoms with Crippen LogP contribution < -0.4 is 5.73 Å². The minimum Gasteiger partial charge on any atom is -0.368 e. The van der Waals surface area contributed by atoms with Crippen molar-refractivity contribution < 1.29 is 9.59 Å². The van der Waals surface area contributed by atoms with Crippen molar-refractivity contribution in [3.8, 4) is 0 Å². The smallest absolute Gasteiger partial charge is 0.240 e. The van der Waals surface area contributed by atoms with Gasteiger partial charge in [0, 0.05) is 13.0 Å². The molecule has 2 N–H and O–H groups in total. The molecule has 1 fully saturated rings. The molecule has 0 radical (unpaired) electrons. The van der Waals surface area contributed by atoms with Crippen LogP contribution in [-0.4, -0.2) is 29.3 Å². The Labute approximate surface area is 90.8 Å². The predicted octanol–water partition coefficient (Wildman–Crippen LogP) is 0.755. The van der Waals surface area contributed by atoms with Crippen molar-refractivity contribution in [1.82, 2.24) is 4.90 Å². The van der Waals surface area contributed by atoms with Gasteiger partial charge in [-0.15, -0.1) is 0 Å². The molecule has 86 valence electrons. The number of rotatable bonds is 4. The highest BCUT2D eigenvalue weighted by molar-refractivity contribution is 5.87. The molecule has 0 spiro atoms. The van der Waals surface area contributed by atoms with Crippen LogP contribution in [-0.2, 0) is 9.59 Å². The van der Waals surface area contributed by atoms with Crippen LogP contribution in [0.4, 0.5) is 0 Å². The monoisotopic (exact) mass is 212 g/mol. The van der Waals surface area contributed by atoms with Gasteiger partial charge < -0.3 is 10.6 Å². The number of hydrogen-bond donors (Lipinski definition) is 1. The average molecular weight is 212 g/mol. The van der Waals surface area contributed by atoms with E-state index in [4.69, 9.17) is 5.73 Å². The third-order valence-electron chi connectivity index (χ3n) is 3.22. The first kappa shape index (κ1) is 12.0. The molecule has 1 aliphatic heterocycles. The SMILES string of the molecule is CC[C@@H](C(N)=O)N1C[C@H](C(C)C)CC1=O. The Kier molecular flexibility index (Phi) is 3.72. The molecule has 4 nitrogen and oxygen atoms in total. The lowest BCUT2D eigenvalue weighted by atomic mass is 9.95. The van der Waals surface area contributed by atoms with Gasteiger partial charge in [-0.3, -0.25) is 9.59 Å². The van der Waals surface area contributed by atoms with Crippen LogP contribution in [0.2, 0.25) is 0 Å². The van der Waals surface area contributed by atoms with Crippen LogP contribution in [0.1, 0.15) is 33.6 Å². The van der Waals surface area contributed by atoms with Crippen LogP contribution >= 0.6 is 0 Å². The Bertz CT molecular complexity index is 263. The van der Waals surface area contributed by atoms with Gasteiger partial charge in [-0.1, -0.05) is 20.8 Å². The predicted molar refractivity (Wildman–Crippen MR) is 57.9 cm³/mol. The van der Waals surface area contributed by atoms with Gasteiger partial charge in [0.25, 0.3) is 0 Å². The first-order valence-corrected chi connectivity index (χ1v) is 5.56. The normalized spacial score (nSPS) is 23.6. The summed E-state index contributed by atoms with van der Waals surface area (Å²) in [4.78, 5) is 24.5. The highest BCUT2D eigenvalue weighted by atomic mass is 16.2. The minimum absolute atomic E-state index is 0.0688. The zero-order chi connectivity index (χ0) is 11.6. The van der Waals surface area contributed by atoms with E-state index in [9.17, 15) is 9.59 Å².